The number of aromatic hydroxyl groups is 1. The van der Waals surface area contributed by atoms with E-state index in [4.69, 9.17) is 10.5 Å². The number of ether oxygens (including phenoxy) is 1. The number of phenolic OH excluding ortho intramolecular Hbond substituents is 1. The van der Waals surface area contributed by atoms with Crippen LogP contribution in [0, 0.1) is 5.92 Å². The highest BCUT2D eigenvalue weighted by atomic mass is 16.5. The Hall–Kier alpha value is -1.59. The Morgan fingerprint density at radius 2 is 2.16 bits per heavy atom. The number of carbonyl (C=O) groups excluding carboxylic acids is 1. The normalized spacial score (nSPS) is 41.4. The van der Waals surface area contributed by atoms with Crippen molar-refractivity contribution in [2.75, 3.05) is 13.1 Å². The summed E-state index contributed by atoms with van der Waals surface area (Å²) in [5, 5.41) is 10.4. The molecule has 1 spiro atoms. The van der Waals surface area contributed by atoms with Gasteiger partial charge in [-0.2, -0.15) is 0 Å². The smallest absolute Gasteiger partial charge is 0.174 e. The molecule has 6 rings (SSSR count). The maximum atomic E-state index is 12.8. The molecule has 132 valence electrons. The van der Waals surface area contributed by atoms with E-state index in [-0.39, 0.29) is 17.6 Å². The molecule has 5 heteroatoms. The first-order valence-corrected chi connectivity index (χ1v) is 9.62. The van der Waals surface area contributed by atoms with Crippen LogP contribution in [0.15, 0.2) is 12.1 Å². The summed E-state index contributed by atoms with van der Waals surface area (Å²) >= 11 is 0. The molecular weight excluding hydrogens is 316 g/mol. The Kier molecular flexibility index (Phi) is 2.55. The van der Waals surface area contributed by atoms with Crippen molar-refractivity contribution in [3.8, 4) is 11.5 Å². The van der Waals surface area contributed by atoms with Crippen LogP contribution in [0.5, 0.6) is 11.5 Å². The number of hydrogen-bond acceptors (Lipinski definition) is 5. The maximum Gasteiger partial charge on any atom is 0.174 e. The van der Waals surface area contributed by atoms with E-state index in [1.807, 2.05) is 6.07 Å². The molecule has 0 aromatic heterocycles. The highest BCUT2D eigenvalue weighted by Crippen LogP contribution is 2.64. The summed E-state index contributed by atoms with van der Waals surface area (Å²) in [4.78, 5) is 15.4. The fourth-order valence-corrected chi connectivity index (χ4v) is 6.37. The van der Waals surface area contributed by atoms with E-state index in [1.54, 1.807) is 6.07 Å². The van der Waals surface area contributed by atoms with Gasteiger partial charge in [0.25, 0.3) is 0 Å². The lowest BCUT2D eigenvalue weighted by Crippen LogP contribution is -2.80. The summed E-state index contributed by atoms with van der Waals surface area (Å²) < 4.78 is 6.12. The molecule has 1 aromatic carbocycles. The van der Waals surface area contributed by atoms with Crippen LogP contribution in [0.1, 0.15) is 43.2 Å². The van der Waals surface area contributed by atoms with Crippen LogP contribution in [-0.2, 0) is 16.6 Å². The molecule has 3 N–H and O–H groups in total. The predicted molar refractivity (Wildman–Crippen MR) is 91.8 cm³/mol. The summed E-state index contributed by atoms with van der Waals surface area (Å²) in [5.41, 5.74) is 8.57. The van der Waals surface area contributed by atoms with Gasteiger partial charge in [-0.1, -0.05) is 6.07 Å². The van der Waals surface area contributed by atoms with Crippen LogP contribution in [0.4, 0.5) is 0 Å². The largest absolute Gasteiger partial charge is 0.504 e. The molecule has 5 nitrogen and oxygen atoms in total. The standard InChI is InChI=1S/C20H24N2O3/c21-20-6-5-14(24)18-19(20)7-8-22(10-11-1-2-11)15(20)9-12-3-4-13(23)17(25-18)16(12)19/h3-4,11,15,18,23H,1-2,5-10,21H2/t15?,18?,19-,20+/m0/s1. The third-order valence-electron chi connectivity index (χ3n) is 7.69. The molecule has 2 saturated carbocycles. The summed E-state index contributed by atoms with van der Waals surface area (Å²) in [6.45, 7) is 2.11. The Morgan fingerprint density at radius 1 is 1.32 bits per heavy atom. The van der Waals surface area contributed by atoms with Crippen molar-refractivity contribution in [2.45, 2.75) is 61.6 Å². The molecular formula is C20H24N2O3. The van der Waals surface area contributed by atoms with Gasteiger partial charge >= 0.3 is 0 Å². The van der Waals surface area contributed by atoms with Gasteiger partial charge in [0.2, 0.25) is 0 Å². The number of likely N-dealkylation sites (tertiary alicyclic amines) is 1. The Labute approximate surface area is 147 Å². The zero-order valence-electron chi connectivity index (χ0n) is 14.3. The lowest BCUT2D eigenvalue weighted by atomic mass is 9.47. The Bertz CT molecular complexity index is 804. The van der Waals surface area contributed by atoms with Crippen molar-refractivity contribution in [1.82, 2.24) is 4.90 Å². The van der Waals surface area contributed by atoms with Crippen molar-refractivity contribution < 1.29 is 14.6 Å². The number of nitrogens with two attached hydrogens (primary N) is 1. The van der Waals surface area contributed by atoms with E-state index < -0.39 is 17.1 Å². The fraction of sp³-hybridized carbons (Fsp3) is 0.650. The summed E-state index contributed by atoms with van der Waals surface area (Å²) in [6.07, 6.45) is 5.13. The molecule has 0 radical (unpaired) electrons. The molecule has 1 aromatic rings. The highest BCUT2D eigenvalue weighted by molar-refractivity contribution is 5.90. The number of carbonyl (C=O) groups is 1. The molecule has 4 atom stereocenters. The number of ketones is 1. The minimum Gasteiger partial charge on any atom is -0.504 e. The lowest BCUT2D eigenvalue weighted by Gasteiger charge is -2.63. The molecule has 25 heavy (non-hydrogen) atoms. The summed E-state index contributed by atoms with van der Waals surface area (Å²) in [7, 11) is 0. The van der Waals surface area contributed by atoms with Crippen molar-refractivity contribution in [2.24, 2.45) is 11.7 Å². The zero-order chi connectivity index (χ0) is 17.0. The molecule has 5 aliphatic rings. The lowest BCUT2D eigenvalue weighted by molar-refractivity contribution is -0.141. The van der Waals surface area contributed by atoms with Gasteiger partial charge in [0.05, 0.1) is 5.41 Å². The molecule has 0 amide bonds. The van der Waals surface area contributed by atoms with E-state index in [0.29, 0.717) is 12.2 Å². The second-order valence-electron chi connectivity index (χ2n) is 8.83. The van der Waals surface area contributed by atoms with Crippen LogP contribution < -0.4 is 10.5 Å². The number of Topliss-reactive ketones (excluding diaryl/α,β-unsaturated/α-hetero) is 1. The average molecular weight is 340 g/mol. The summed E-state index contributed by atoms with van der Waals surface area (Å²) in [5.74, 6) is 1.66. The fourth-order valence-electron chi connectivity index (χ4n) is 6.37. The molecule has 1 saturated heterocycles. The number of rotatable bonds is 2. The van der Waals surface area contributed by atoms with Gasteiger partial charge < -0.3 is 15.6 Å². The minimum atomic E-state index is -0.515. The quantitative estimate of drug-likeness (QED) is 0.853. The molecule has 2 bridgehead atoms. The predicted octanol–water partition coefficient (Wildman–Crippen LogP) is 1.49. The Balaban J connectivity index is 1.58. The number of hydrogen-bond donors (Lipinski definition) is 2. The third kappa shape index (κ3) is 1.56. The molecule has 3 fully saturated rings. The first-order chi connectivity index (χ1) is 12.0. The van der Waals surface area contributed by atoms with Gasteiger partial charge in [0.15, 0.2) is 23.4 Å². The van der Waals surface area contributed by atoms with Gasteiger partial charge in [-0.15, -0.1) is 0 Å². The molecule has 3 aliphatic carbocycles. The SMILES string of the molecule is N[C@@]12CCC(=O)C3Oc4c(O)ccc5c4[C@@]31CCN(CC1CC1)C2C5. The monoisotopic (exact) mass is 340 g/mol. The topological polar surface area (TPSA) is 75.8 Å². The van der Waals surface area contributed by atoms with E-state index >= 15 is 0 Å². The molecule has 2 aliphatic heterocycles. The van der Waals surface area contributed by atoms with Crippen LogP contribution in [0.25, 0.3) is 0 Å². The van der Waals surface area contributed by atoms with Crippen LogP contribution in [-0.4, -0.2) is 46.6 Å². The van der Waals surface area contributed by atoms with E-state index in [2.05, 4.69) is 4.90 Å². The van der Waals surface area contributed by atoms with Gasteiger partial charge in [-0.3, -0.25) is 9.69 Å². The van der Waals surface area contributed by atoms with Crippen molar-refractivity contribution in [3.05, 3.63) is 23.3 Å². The minimum absolute atomic E-state index is 0.150. The first kappa shape index (κ1) is 14.6. The van der Waals surface area contributed by atoms with Gasteiger partial charge in [-0.05, 0) is 56.2 Å². The van der Waals surface area contributed by atoms with E-state index in [0.717, 1.165) is 43.8 Å². The second kappa shape index (κ2) is 4.38. The van der Waals surface area contributed by atoms with E-state index in [9.17, 15) is 9.90 Å². The van der Waals surface area contributed by atoms with Crippen LogP contribution in [0.2, 0.25) is 0 Å². The molecule has 2 heterocycles. The first-order valence-electron chi connectivity index (χ1n) is 9.62. The number of benzene rings is 1. The molecule has 2 unspecified atom stereocenters. The van der Waals surface area contributed by atoms with Crippen molar-refractivity contribution in [3.63, 3.8) is 0 Å². The number of piperidine rings is 1. The van der Waals surface area contributed by atoms with E-state index in [1.165, 1.54) is 18.4 Å². The Morgan fingerprint density at radius 3 is 2.96 bits per heavy atom. The highest BCUT2D eigenvalue weighted by Gasteiger charge is 2.72. The second-order valence-corrected chi connectivity index (χ2v) is 8.83. The third-order valence-corrected chi connectivity index (χ3v) is 7.69. The summed E-state index contributed by atoms with van der Waals surface area (Å²) in [6, 6.07) is 4.01. The van der Waals surface area contributed by atoms with Gasteiger partial charge in [0.1, 0.15) is 0 Å². The number of phenols is 1. The number of nitrogens with zero attached hydrogens (tertiary/aromatic N) is 1. The maximum absolute atomic E-state index is 12.8. The van der Waals surface area contributed by atoms with Crippen LogP contribution >= 0.6 is 0 Å². The zero-order valence-corrected chi connectivity index (χ0v) is 14.3. The van der Waals surface area contributed by atoms with Crippen LogP contribution in [0.3, 0.4) is 0 Å². The van der Waals surface area contributed by atoms with Crippen molar-refractivity contribution in [1.29, 1.82) is 0 Å². The van der Waals surface area contributed by atoms with Gasteiger partial charge in [-0.25, -0.2) is 0 Å². The average Bonchev–Trinajstić information content (AvgIpc) is 3.32. The van der Waals surface area contributed by atoms with Gasteiger partial charge in [0, 0.05) is 30.1 Å². The van der Waals surface area contributed by atoms with Crippen molar-refractivity contribution >= 4 is 5.78 Å².